The molecule has 1 aliphatic rings. The van der Waals surface area contributed by atoms with Crippen LogP contribution in [-0.2, 0) is 16.4 Å². The Morgan fingerprint density at radius 3 is 2.44 bits per heavy atom. The van der Waals surface area contributed by atoms with Crippen LogP contribution in [0.3, 0.4) is 0 Å². The molecule has 7 nitrogen and oxygen atoms in total. The molecule has 0 aliphatic carbocycles. The highest BCUT2D eigenvalue weighted by molar-refractivity contribution is 7.93. The average Bonchev–Trinajstić information content (AvgIpc) is 3.27. The van der Waals surface area contributed by atoms with Gasteiger partial charge in [-0.05, 0) is 60.0 Å². The van der Waals surface area contributed by atoms with Crippen LogP contribution >= 0.6 is 11.6 Å². The molecule has 0 aromatic heterocycles. The van der Waals surface area contributed by atoms with Crippen molar-refractivity contribution >= 4 is 38.9 Å². The van der Waals surface area contributed by atoms with Gasteiger partial charge in [0.2, 0.25) is 0 Å². The molecule has 0 radical (unpaired) electrons. The van der Waals surface area contributed by atoms with Crippen molar-refractivity contribution in [2.24, 2.45) is 0 Å². The summed E-state index contributed by atoms with van der Waals surface area (Å²) in [7, 11) is -2.72. The van der Waals surface area contributed by atoms with Gasteiger partial charge in [0.05, 0.1) is 12.8 Å². The number of alkyl halides is 3. The topological polar surface area (TPSA) is 95.9 Å². The van der Waals surface area contributed by atoms with E-state index in [0.29, 0.717) is 12.1 Å². The number of carbonyl (C=O) groups is 1. The van der Waals surface area contributed by atoms with Crippen molar-refractivity contribution in [1.82, 2.24) is 0 Å². The molecule has 36 heavy (non-hydrogen) atoms. The highest BCUT2D eigenvalue weighted by atomic mass is 35.5. The first-order valence-electron chi connectivity index (χ1n) is 10.6. The smallest absolute Gasteiger partial charge is 0.418 e. The highest BCUT2D eigenvalue weighted by Crippen LogP contribution is 2.37. The van der Waals surface area contributed by atoms with Gasteiger partial charge >= 0.3 is 6.18 Å². The number of rotatable bonds is 6. The minimum Gasteiger partial charge on any atom is -0.495 e. The molecule has 4 rings (SSSR count). The van der Waals surface area contributed by atoms with E-state index in [1.165, 1.54) is 53.9 Å². The van der Waals surface area contributed by atoms with Gasteiger partial charge in [-0.15, -0.1) is 0 Å². The molecule has 0 fully saturated rings. The molecule has 12 heteroatoms. The van der Waals surface area contributed by atoms with Gasteiger partial charge in [-0.25, -0.2) is 8.42 Å². The summed E-state index contributed by atoms with van der Waals surface area (Å²) in [5, 5.41) is 12.1. The molecule has 3 aromatic rings. The summed E-state index contributed by atoms with van der Waals surface area (Å²) in [5.41, 5.74) is 1.03. The van der Waals surface area contributed by atoms with Crippen molar-refractivity contribution in [3.63, 3.8) is 0 Å². The largest absolute Gasteiger partial charge is 0.495 e. The zero-order chi connectivity index (χ0) is 26.3. The third-order valence-electron chi connectivity index (χ3n) is 5.69. The number of carbonyl (C=O) groups excluding carboxylic acids is 1. The second-order valence-electron chi connectivity index (χ2n) is 7.99. The van der Waals surface area contributed by atoms with Gasteiger partial charge in [-0.3, -0.25) is 9.10 Å². The third-order valence-corrected chi connectivity index (χ3v) is 7.76. The minimum absolute atomic E-state index is 0.110. The summed E-state index contributed by atoms with van der Waals surface area (Å²) in [5.74, 6) is -0.465. The van der Waals surface area contributed by atoms with Gasteiger partial charge in [0.1, 0.15) is 10.6 Å². The number of aliphatic hydroxyl groups excluding tert-OH is 1. The maximum atomic E-state index is 13.4. The van der Waals surface area contributed by atoms with Crippen molar-refractivity contribution in [2.75, 3.05) is 23.3 Å². The van der Waals surface area contributed by atoms with Gasteiger partial charge in [0, 0.05) is 22.8 Å². The molecule has 1 unspecified atom stereocenters. The van der Waals surface area contributed by atoms with E-state index in [0.717, 1.165) is 17.7 Å². The van der Waals surface area contributed by atoms with Gasteiger partial charge < -0.3 is 15.2 Å². The Morgan fingerprint density at radius 2 is 1.81 bits per heavy atom. The van der Waals surface area contributed by atoms with Crippen molar-refractivity contribution < 1.29 is 36.2 Å². The third kappa shape index (κ3) is 4.99. The standard InChI is InChI=1S/C24H20ClF3N2O5S/c1-35-20-9-6-17(25)13-21(20)36(33,34)30-11-10-14-2-3-16(12-19(14)30)23(32)29-18-7-4-15(5-8-18)22(31)24(26,27)28/h2-9,12-13,22,31H,10-11H2,1H3,(H,29,32). The van der Waals surface area contributed by atoms with E-state index in [-0.39, 0.29) is 39.0 Å². The van der Waals surface area contributed by atoms with E-state index in [9.17, 15) is 31.5 Å². The number of nitrogens with one attached hydrogen (secondary N) is 1. The van der Waals surface area contributed by atoms with Crippen LogP contribution in [0.2, 0.25) is 5.02 Å². The predicted octanol–water partition coefficient (Wildman–Crippen LogP) is 4.95. The van der Waals surface area contributed by atoms with Crippen LogP contribution in [0.1, 0.15) is 27.6 Å². The number of sulfonamides is 1. The number of hydrogen-bond acceptors (Lipinski definition) is 5. The van der Waals surface area contributed by atoms with Crippen LogP contribution in [0, 0.1) is 0 Å². The van der Waals surface area contributed by atoms with Gasteiger partial charge in [-0.2, -0.15) is 13.2 Å². The van der Waals surface area contributed by atoms with Crippen LogP contribution in [0.25, 0.3) is 0 Å². The van der Waals surface area contributed by atoms with E-state index < -0.39 is 28.2 Å². The lowest BCUT2D eigenvalue weighted by Crippen LogP contribution is -2.29. The number of aliphatic hydroxyl groups is 1. The quantitative estimate of drug-likeness (QED) is 0.461. The van der Waals surface area contributed by atoms with Crippen LogP contribution in [0.15, 0.2) is 65.6 Å². The Morgan fingerprint density at radius 1 is 1.11 bits per heavy atom. The predicted molar refractivity (Wildman–Crippen MR) is 128 cm³/mol. The van der Waals surface area contributed by atoms with Crippen LogP contribution in [0.5, 0.6) is 5.75 Å². The molecular weight excluding hydrogens is 521 g/mol. The zero-order valence-corrected chi connectivity index (χ0v) is 20.3. The number of hydrogen-bond donors (Lipinski definition) is 2. The van der Waals surface area contributed by atoms with Gasteiger partial charge in [0.15, 0.2) is 6.10 Å². The number of methoxy groups -OCH3 is 1. The Balaban J connectivity index is 1.59. The number of ether oxygens (including phenoxy) is 1. The van der Waals surface area contributed by atoms with Crippen LogP contribution in [-0.4, -0.2) is 39.3 Å². The SMILES string of the molecule is COc1ccc(Cl)cc1S(=O)(=O)N1CCc2ccc(C(=O)Nc3ccc(C(O)C(F)(F)F)cc3)cc21. The highest BCUT2D eigenvalue weighted by Gasteiger charge is 2.39. The Bertz CT molecular complexity index is 1410. The molecule has 3 aromatic carbocycles. The summed E-state index contributed by atoms with van der Waals surface area (Å²) in [4.78, 5) is 12.7. The number of fused-ring (bicyclic) bond motifs is 1. The lowest BCUT2D eigenvalue weighted by atomic mass is 10.1. The van der Waals surface area contributed by atoms with Crippen molar-refractivity contribution in [3.8, 4) is 5.75 Å². The summed E-state index contributed by atoms with van der Waals surface area (Å²) in [6, 6.07) is 13.5. The summed E-state index contributed by atoms with van der Waals surface area (Å²) in [6.45, 7) is 0.154. The molecule has 1 amide bonds. The van der Waals surface area contributed by atoms with Gasteiger partial charge in [0.25, 0.3) is 15.9 Å². The lowest BCUT2D eigenvalue weighted by molar-refractivity contribution is -0.206. The average molecular weight is 541 g/mol. The van der Waals surface area contributed by atoms with E-state index >= 15 is 0 Å². The molecule has 1 atom stereocenters. The molecule has 0 spiro atoms. The normalized spacial score (nSPS) is 14.3. The van der Waals surface area contributed by atoms with Crippen LogP contribution in [0.4, 0.5) is 24.5 Å². The summed E-state index contributed by atoms with van der Waals surface area (Å²) in [6.07, 6.45) is -7.01. The summed E-state index contributed by atoms with van der Waals surface area (Å²) >= 11 is 6.02. The minimum atomic E-state index is -4.81. The number of benzene rings is 3. The molecule has 190 valence electrons. The maximum absolute atomic E-state index is 13.4. The zero-order valence-electron chi connectivity index (χ0n) is 18.7. The number of nitrogens with zero attached hydrogens (tertiary/aromatic N) is 1. The molecule has 1 aliphatic heterocycles. The number of anilines is 2. The van der Waals surface area contributed by atoms with Crippen molar-refractivity contribution in [2.45, 2.75) is 23.6 Å². The lowest BCUT2D eigenvalue weighted by Gasteiger charge is -2.21. The van der Waals surface area contributed by atoms with Crippen molar-refractivity contribution in [3.05, 3.63) is 82.4 Å². The van der Waals surface area contributed by atoms with Crippen molar-refractivity contribution in [1.29, 1.82) is 0 Å². The molecule has 0 saturated heterocycles. The monoisotopic (exact) mass is 540 g/mol. The first kappa shape index (κ1) is 25.8. The van der Waals surface area contributed by atoms with E-state index in [4.69, 9.17) is 16.3 Å². The number of halogens is 4. The molecule has 0 saturated carbocycles. The maximum Gasteiger partial charge on any atom is 0.418 e. The van der Waals surface area contributed by atoms with E-state index in [1.54, 1.807) is 6.07 Å². The Kier molecular flexibility index (Phi) is 6.91. The molecular formula is C24H20ClF3N2O5S. The number of amides is 1. The fourth-order valence-electron chi connectivity index (χ4n) is 3.85. The van der Waals surface area contributed by atoms with Gasteiger partial charge in [-0.1, -0.05) is 29.8 Å². The summed E-state index contributed by atoms with van der Waals surface area (Å²) < 4.78 is 71.3. The first-order valence-corrected chi connectivity index (χ1v) is 12.4. The molecule has 2 N–H and O–H groups in total. The van der Waals surface area contributed by atoms with E-state index in [1.807, 2.05) is 0 Å². The Labute approximate surface area is 210 Å². The second-order valence-corrected chi connectivity index (χ2v) is 10.3. The first-order chi connectivity index (χ1) is 16.9. The van der Waals surface area contributed by atoms with E-state index in [2.05, 4.69) is 5.32 Å². The fourth-order valence-corrected chi connectivity index (χ4v) is 5.77. The van der Waals surface area contributed by atoms with Crippen LogP contribution < -0.4 is 14.4 Å². The fraction of sp³-hybridized carbons (Fsp3) is 0.208. The second kappa shape index (κ2) is 9.64. The Hall–Kier alpha value is -3.28. The molecule has 0 bridgehead atoms. The molecule has 1 heterocycles.